The van der Waals surface area contributed by atoms with E-state index in [2.05, 4.69) is 217 Å². The molecule has 0 fully saturated rings. The van der Waals surface area contributed by atoms with Crippen LogP contribution in [0.25, 0.3) is 55.3 Å². The molecular weight excluding hydrogens is 651 g/mol. The summed E-state index contributed by atoms with van der Waals surface area (Å²) < 4.78 is 0. The molecule has 2 aliphatic carbocycles. The number of fused-ring (bicyclic) bond motifs is 12. The topological polar surface area (TPSA) is 3.24 Å². The van der Waals surface area contributed by atoms with E-state index in [1.165, 1.54) is 83.2 Å². The Balaban J connectivity index is 1.39. The highest BCUT2D eigenvalue weighted by Gasteiger charge is 2.54. The van der Waals surface area contributed by atoms with Crippen molar-refractivity contribution in [3.63, 3.8) is 0 Å². The number of para-hydroxylation sites is 2. The van der Waals surface area contributed by atoms with Crippen molar-refractivity contribution in [1.29, 1.82) is 0 Å². The first-order chi connectivity index (χ1) is 26.9. The van der Waals surface area contributed by atoms with Gasteiger partial charge in [-0.05, 0) is 79.0 Å². The third-order valence-corrected chi connectivity index (χ3v) is 11.6. The highest BCUT2D eigenvalue weighted by Crippen LogP contribution is 2.67. The van der Waals surface area contributed by atoms with Crippen molar-refractivity contribution in [3.05, 3.63) is 235 Å². The van der Waals surface area contributed by atoms with Gasteiger partial charge in [-0.3, -0.25) is 0 Å². The summed E-state index contributed by atoms with van der Waals surface area (Å²) in [5.41, 5.74) is 18.2. The third kappa shape index (κ3) is 4.21. The number of hydrogen-bond acceptors (Lipinski definition) is 1. The van der Waals surface area contributed by atoms with Gasteiger partial charge in [0.2, 0.25) is 0 Å². The summed E-state index contributed by atoms with van der Waals surface area (Å²) >= 11 is 0. The van der Waals surface area contributed by atoms with Crippen LogP contribution in [0.15, 0.2) is 212 Å². The Morgan fingerprint density at radius 2 is 0.759 bits per heavy atom. The SMILES string of the molecule is c1ccc(-c2ccccc2N(c2ccccc2)c2c3c(c4ccccc4c2-c2ccccc2)C2(c4ccccc4-c4ccccc42)c2ccccc2-3)cc1. The zero-order chi connectivity index (χ0) is 35.6. The van der Waals surface area contributed by atoms with Crippen molar-refractivity contribution in [3.8, 4) is 44.5 Å². The molecule has 0 saturated heterocycles. The molecule has 0 aromatic heterocycles. The van der Waals surface area contributed by atoms with Crippen LogP contribution in [0.3, 0.4) is 0 Å². The molecule has 9 aromatic carbocycles. The molecule has 11 rings (SSSR count). The van der Waals surface area contributed by atoms with Gasteiger partial charge >= 0.3 is 0 Å². The van der Waals surface area contributed by atoms with E-state index >= 15 is 0 Å². The Hall–Kier alpha value is -6.96. The zero-order valence-corrected chi connectivity index (χ0v) is 29.7. The van der Waals surface area contributed by atoms with Crippen molar-refractivity contribution in [2.45, 2.75) is 5.41 Å². The average Bonchev–Trinajstić information content (AvgIpc) is 3.73. The Morgan fingerprint density at radius 3 is 1.39 bits per heavy atom. The van der Waals surface area contributed by atoms with E-state index in [0.717, 1.165) is 11.4 Å². The van der Waals surface area contributed by atoms with Crippen LogP contribution in [-0.2, 0) is 5.41 Å². The molecule has 54 heavy (non-hydrogen) atoms. The molecule has 0 bridgehead atoms. The van der Waals surface area contributed by atoms with Crippen LogP contribution in [0.5, 0.6) is 0 Å². The number of anilines is 3. The summed E-state index contributed by atoms with van der Waals surface area (Å²) in [6.07, 6.45) is 0. The van der Waals surface area contributed by atoms with Gasteiger partial charge in [-0.1, -0.05) is 194 Å². The predicted octanol–water partition coefficient (Wildman–Crippen LogP) is 14.0. The number of rotatable bonds is 5. The largest absolute Gasteiger partial charge is 0.309 e. The van der Waals surface area contributed by atoms with Crippen molar-refractivity contribution < 1.29 is 0 Å². The molecule has 0 aliphatic heterocycles. The molecule has 252 valence electrons. The van der Waals surface area contributed by atoms with E-state index in [-0.39, 0.29) is 0 Å². The van der Waals surface area contributed by atoms with Crippen molar-refractivity contribution in [2.75, 3.05) is 4.90 Å². The first-order valence-electron chi connectivity index (χ1n) is 18.8. The molecule has 2 aliphatic rings. The fraction of sp³-hybridized carbons (Fsp3) is 0.0189. The molecule has 0 saturated carbocycles. The van der Waals surface area contributed by atoms with Gasteiger partial charge in [0.1, 0.15) is 0 Å². The standard InChI is InChI=1S/C53H35N/c1-4-20-36(21-5-1)39-26-15-19-35-48(39)54(38-24-8-3-9-25-38)52-49(37-22-6-2-7-23-37)42-29-10-11-30-43(42)51-50(52)44-31-14-18-34-47(44)53(51)45-32-16-12-27-40(45)41-28-13-17-33-46(41)53/h1-35H. The van der Waals surface area contributed by atoms with Crippen LogP contribution < -0.4 is 4.90 Å². The van der Waals surface area contributed by atoms with E-state index in [9.17, 15) is 0 Å². The normalized spacial score (nSPS) is 13.0. The highest BCUT2D eigenvalue weighted by atomic mass is 15.2. The minimum atomic E-state index is -0.510. The highest BCUT2D eigenvalue weighted by molar-refractivity contribution is 6.18. The second-order valence-electron chi connectivity index (χ2n) is 14.3. The summed E-state index contributed by atoms with van der Waals surface area (Å²) in [7, 11) is 0. The van der Waals surface area contributed by atoms with Crippen molar-refractivity contribution in [2.24, 2.45) is 0 Å². The van der Waals surface area contributed by atoms with Gasteiger partial charge in [-0.15, -0.1) is 0 Å². The van der Waals surface area contributed by atoms with Gasteiger partial charge in [-0.25, -0.2) is 0 Å². The predicted molar refractivity (Wildman–Crippen MR) is 226 cm³/mol. The number of nitrogens with zero attached hydrogens (tertiary/aromatic N) is 1. The monoisotopic (exact) mass is 685 g/mol. The van der Waals surface area contributed by atoms with Crippen molar-refractivity contribution >= 4 is 27.8 Å². The molecule has 9 aromatic rings. The van der Waals surface area contributed by atoms with E-state index in [1.54, 1.807) is 0 Å². The van der Waals surface area contributed by atoms with E-state index in [1.807, 2.05) is 0 Å². The molecule has 0 atom stereocenters. The Kier molecular flexibility index (Phi) is 6.84. The van der Waals surface area contributed by atoms with Gasteiger partial charge in [0.05, 0.1) is 16.8 Å². The molecule has 0 unspecified atom stereocenters. The minimum absolute atomic E-state index is 0.510. The Morgan fingerprint density at radius 1 is 0.315 bits per heavy atom. The molecule has 0 heterocycles. The maximum Gasteiger partial charge on any atom is 0.0732 e. The lowest BCUT2D eigenvalue weighted by molar-refractivity contribution is 0.801. The van der Waals surface area contributed by atoms with Gasteiger partial charge in [0.15, 0.2) is 0 Å². The second kappa shape index (κ2) is 12.0. The lowest BCUT2D eigenvalue weighted by atomic mass is 9.69. The summed E-state index contributed by atoms with van der Waals surface area (Å²) in [5.74, 6) is 0. The second-order valence-corrected chi connectivity index (χ2v) is 14.3. The molecule has 0 radical (unpaired) electrons. The van der Waals surface area contributed by atoms with E-state index in [4.69, 9.17) is 0 Å². The lowest BCUT2D eigenvalue weighted by Crippen LogP contribution is -2.26. The van der Waals surface area contributed by atoms with Gasteiger partial charge < -0.3 is 4.90 Å². The number of benzene rings is 9. The molecule has 0 amide bonds. The Labute approximate surface area is 316 Å². The fourth-order valence-electron chi connectivity index (χ4n) is 9.65. The summed E-state index contributed by atoms with van der Waals surface area (Å²) in [6, 6.07) is 78.3. The van der Waals surface area contributed by atoms with Crippen molar-refractivity contribution in [1.82, 2.24) is 0 Å². The van der Waals surface area contributed by atoms with E-state index < -0.39 is 5.41 Å². The maximum absolute atomic E-state index is 2.55. The first kappa shape index (κ1) is 30.6. The summed E-state index contributed by atoms with van der Waals surface area (Å²) in [5, 5.41) is 2.52. The minimum Gasteiger partial charge on any atom is -0.309 e. The van der Waals surface area contributed by atoms with Crippen LogP contribution in [0.1, 0.15) is 22.3 Å². The molecule has 1 heteroatoms. The first-order valence-corrected chi connectivity index (χ1v) is 18.8. The average molecular weight is 686 g/mol. The fourth-order valence-corrected chi connectivity index (χ4v) is 9.65. The van der Waals surface area contributed by atoms with E-state index in [0.29, 0.717) is 0 Å². The van der Waals surface area contributed by atoms with Crippen LogP contribution in [0.4, 0.5) is 17.1 Å². The molecular formula is C53H35N. The van der Waals surface area contributed by atoms with Crippen LogP contribution >= 0.6 is 0 Å². The summed E-state index contributed by atoms with van der Waals surface area (Å²) in [4.78, 5) is 2.55. The summed E-state index contributed by atoms with van der Waals surface area (Å²) in [6.45, 7) is 0. The molecule has 1 spiro atoms. The molecule has 0 N–H and O–H groups in total. The third-order valence-electron chi connectivity index (χ3n) is 11.6. The zero-order valence-electron chi connectivity index (χ0n) is 29.7. The number of hydrogen-bond donors (Lipinski definition) is 0. The van der Waals surface area contributed by atoms with Crippen LogP contribution in [0.2, 0.25) is 0 Å². The lowest BCUT2D eigenvalue weighted by Gasteiger charge is -2.35. The van der Waals surface area contributed by atoms with Crippen LogP contribution in [-0.4, -0.2) is 0 Å². The Bertz CT molecular complexity index is 2830. The van der Waals surface area contributed by atoms with Gasteiger partial charge in [-0.2, -0.15) is 0 Å². The quantitative estimate of drug-likeness (QED) is 0.174. The van der Waals surface area contributed by atoms with Gasteiger partial charge in [0, 0.05) is 22.4 Å². The van der Waals surface area contributed by atoms with Crippen LogP contribution in [0, 0.1) is 0 Å². The smallest absolute Gasteiger partial charge is 0.0732 e. The molecule has 1 nitrogen and oxygen atoms in total. The maximum atomic E-state index is 2.55. The van der Waals surface area contributed by atoms with Gasteiger partial charge in [0.25, 0.3) is 0 Å².